The minimum atomic E-state index is -0.696. The zero-order valence-electron chi connectivity index (χ0n) is 8.54. The van der Waals surface area contributed by atoms with Crippen molar-refractivity contribution in [3.05, 3.63) is 32.6 Å². The number of aromatic nitrogens is 1. The number of hydrogen-bond acceptors (Lipinski definition) is 6. The average Bonchev–Trinajstić information content (AvgIpc) is 2.25. The van der Waals surface area contributed by atoms with E-state index in [2.05, 4.69) is 10.3 Å². The van der Waals surface area contributed by atoms with E-state index in [1.165, 1.54) is 0 Å². The Bertz CT molecular complexity index is 388. The molecule has 0 atom stereocenters. The number of nitrogens with zero attached hydrogens (tertiary/aromatic N) is 3. The summed E-state index contributed by atoms with van der Waals surface area (Å²) in [6, 6.07) is 0. The van der Waals surface area contributed by atoms with Gasteiger partial charge in [0.2, 0.25) is 0 Å². The second-order valence-corrected chi connectivity index (χ2v) is 2.99. The van der Waals surface area contributed by atoms with Gasteiger partial charge in [-0.2, -0.15) is 0 Å². The van der Waals surface area contributed by atoms with Gasteiger partial charge < -0.3 is 5.32 Å². The quantitative estimate of drug-likeness (QED) is 0.604. The van der Waals surface area contributed by atoms with Crippen molar-refractivity contribution < 1.29 is 9.85 Å². The van der Waals surface area contributed by atoms with Crippen molar-refractivity contribution >= 4 is 17.1 Å². The molecule has 0 aliphatic rings. The van der Waals surface area contributed by atoms with Gasteiger partial charge in [0.25, 0.3) is 0 Å². The summed E-state index contributed by atoms with van der Waals surface area (Å²) in [6.45, 7) is 2.28. The Balaban J connectivity index is 3.23. The van der Waals surface area contributed by atoms with E-state index >= 15 is 0 Å². The minimum Gasteiger partial charge on any atom is -0.374 e. The van der Waals surface area contributed by atoms with Crippen LogP contribution in [0.25, 0.3) is 0 Å². The van der Waals surface area contributed by atoms with Crippen LogP contribution in [0.5, 0.6) is 0 Å². The summed E-state index contributed by atoms with van der Waals surface area (Å²) in [5.41, 5.74) is -0.864. The summed E-state index contributed by atoms with van der Waals surface area (Å²) in [4.78, 5) is 23.4. The van der Waals surface area contributed by atoms with E-state index in [9.17, 15) is 20.2 Å². The zero-order chi connectivity index (χ0) is 12.1. The van der Waals surface area contributed by atoms with E-state index in [1.54, 1.807) is 0 Å². The Kier molecular flexibility index (Phi) is 3.70. The van der Waals surface area contributed by atoms with E-state index < -0.39 is 9.85 Å². The Morgan fingerprint density at radius 3 is 2.12 bits per heavy atom. The molecule has 1 rings (SSSR count). The number of nitro groups is 2. The molecule has 0 bridgehead atoms. The second kappa shape index (κ2) is 5.01. The van der Waals surface area contributed by atoms with Crippen LogP contribution in [0, 0.1) is 20.2 Å². The first-order valence-corrected chi connectivity index (χ1v) is 4.58. The maximum atomic E-state index is 10.7. The minimum absolute atomic E-state index is 0.0909. The van der Waals surface area contributed by atoms with Gasteiger partial charge in [-0.1, -0.05) is 6.92 Å². The van der Waals surface area contributed by atoms with Crippen molar-refractivity contribution in [3.8, 4) is 0 Å². The molecular weight excluding hydrogens is 216 g/mol. The van der Waals surface area contributed by atoms with Crippen LogP contribution in [0.15, 0.2) is 12.4 Å². The predicted octanol–water partition coefficient (Wildman–Crippen LogP) is 1.72. The molecule has 0 aliphatic carbocycles. The number of hydrogen-bond donors (Lipinski definition) is 1. The highest BCUT2D eigenvalue weighted by molar-refractivity contribution is 5.71. The molecule has 0 fully saturated rings. The van der Waals surface area contributed by atoms with E-state index in [1.807, 2.05) is 6.92 Å². The summed E-state index contributed by atoms with van der Waals surface area (Å²) in [7, 11) is 0. The smallest absolute Gasteiger partial charge is 0.317 e. The molecule has 0 saturated carbocycles. The van der Waals surface area contributed by atoms with Crippen molar-refractivity contribution in [2.45, 2.75) is 13.3 Å². The Morgan fingerprint density at radius 2 is 1.75 bits per heavy atom. The molecule has 1 aromatic rings. The number of rotatable bonds is 5. The maximum absolute atomic E-state index is 10.7. The second-order valence-electron chi connectivity index (χ2n) is 2.99. The molecule has 0 saturated heterocycles. The van der Waals surface area contributed by atoms with Crippen molar-refractivity contribution in [2.75, 3.05) is 11.9 Å². The number of nitrogens with one attached hydrogen (secondary N) is 1. The fraction of sp³-hybridized carbons (Fsp3) is 0.375. The first-order valence-electron chi connectivity index (χ1n) is 4.58. The topological polar surface area (TPSA) is 111 Å². The van der Waals surface area contributed by atoms with Crippen LogP contribution in [0.3, 0.4) is 0 Å². The molecule has 0 amide bonds. The SMILES string of the molecule is CCCNc1c([N+](=O)[O-])cncc1[N+](=O)[O-]. The van der Waals surface area contributed by atoms with Crippen LogP contribution in [-0.2, 0) is 0 Å². The van der Waals surface area contributed by atoms with Crippen LogP contribution in [0.4, 0.5) is 17.1 Å². The normalized spacial score (nSPS) is 9.81. The summed E-state index contributed by atoms with van der Waals surface area (Å²) in [5, 5.41) is 24.0. The fourth-order valence-electron chi connectivity index (χ4n) is 1.15. The van der Waals surface area contributed by atoms with Crippen molar-refractivity contribution in [1.29, 1.82) is 0 Å². The molecule has 0 radical (unpaired) electrons. The first-order chi connectivity index (χ1) is 7.57. The van der Waals surface area contributed by atoms with Crippen molar-refractivity contribution in [1.82, 2.24) is 4.98 Å². The van der Waals surface area contributed by atoms with E-state index in [0.717, 1.165) is 12.4 Å². The monoisotopic (exact) mass is 226 g/mol. The lowest BCUT2D eigenvalue weighted by Gasteiger charge is -2.05. The Morgan fingerprint density at radius 1 is 1.25 bits per heavy atom. The van der Waals surface area contributed by atoms with Crippen molar-refractivity contribution in [2.24, 2.45) is 0 Å². The van der Waals surface area contributed by atoms with Crippen LogP contribution in [0.2, 0.25) is 0 Å². The van der Waals surface area contributed by atoms with Gasteiger partial charge in [-0.3, -0.25) is 25.2 Å². The average molecular weight is 226 g/mol. The van der Waals surface area contributed by atoms with Crippen LogP contribution in [-0.4, -0.2) is 21.4 Å². The summed E-state index contributed by atoms with van der Waals surface area (Å²) < 4.78 is 0. The Hall–Kier alpha value is -2.25. The molecule has 0 aromatic carbocycles. The summed E-state index contributed by atoms with van der Waals surface area (Å²) >= 11 is 0. The molecule has 8 nitrogen and oxygen atoms in total. The van der Waals surface area contributed by atoms with E-state index in [4.69, 9.17) is 0 Å². The highest BCUT2D eigenvalue weighted by Crippen LogP contribution is 2.32. The maximum Gasteiger partial charge on any atom is 0.317 e. The zero-order valence-corrected chi connectivity index (χ0v) is 8.54. The third-order valence-corrected chi connectivity index (χ3v) is 1.85. The molecule has 86 valence electrons. The largest absolute Gasteiger partial charge is 0.374 e. The lowest BCUT2D eigenvalue weighted by atomic mass is 10.3. The van der Waals surface area contributed by atoms with Gasteiger partial charge in [0.1, 0.15) is 12.4 Å². The third-order valence-electron chi connectivity index (χ3n) is 1.85. The standard InChI is InChI=1S/C8H10N4O4/c1-2-3-10-8-6(11(13)14)4-9-5-7(8)12(15)16/h4-5H,2-3H2,1H3,(H,9,10). The van der Waals surface area contributed by atoms with Gasteiger partial charge in [-0.15, -0.1) is 0 Å². The fourth-order valence-corrected chi connectivity index (χ4v) is 1.15. The molecule has 8 heteroatoms. The summed E-state index contributed by atoms with van der Waals surface area (Å²) in [5.74, 6) is 0. The van der Waals surface area contributed by atoms with Gasteiger partial charge in [-0.25, -0.2) is 0 Å². The van der Waals surface area contributed by atoms with E-state index in [0.29, 0.717) is 13.0 Å². The highest BCUT2D eigenvalue weighted by Gasteiger charge is 2.24. The van der Waals surface area contributed by atoms with E-state index in [-0.39, 0.29) is 17.1 Å². The lowest BCUT2D eigenvalue weighted by molar-refractivity contribution is -0.392. The third kappa shape index (κ3) is 2.41. The van der Waals surface area contributed by atoms with Gasteiger partial charge in [-0.05, 0) is 6.42 Å². The van der Waals surface area contributed by atoms with Gasteiger partial charge in [0.15, 0.2) is 5.69 Å². The highest BCUT2D eigenvalue weighted by atomic mass is 16.6. The molecule has 0 spiro atoms. The van der Waals surface area contributed by atoms with Gasteiger partial charge in [0.05, 0.1) is 9.85 Å². The molecule has 1 heterocycles. The van der Waals surface area contributed by atoms with Crippen LogP contribution < -0.4 is 5.32 Å². The van der Waals surface area contributed by atoms with Crippen LogP contribution in [0.1, 0.15) is 13.3 Å². The van der Waals surface area contributed by atoms with Crippen molar-refractivity contribution in [3.63, 3.8) is 0 Å². The molecule has 0 unspecified atom stereocenters. The molecule has 1 aromatic heterocycles. The lowest BCUT2D eigenvalue weighted by Crippen LogP contribution is -2.06. The summed E-state index contributed by atoms with van der Waals surface area (Å²) in [6.07, 6.45) is 2.69. The number of anilines is 1. The molecule has 0 aliphatic heterocycles. The number of pyridine rings is 1. The van der Waals surface area contributed by atoms with Gasteiger partial charge in [0, 0.05) is 6.54 Å². The first kappa shape index (κ1) is 11.8. The molecule has 16 heavy (non-hydrogen) atoms. The molecular formula is C8H10N4O4. The van der Waals surface area contributed by atoms with Gasteiger partial charge >= 0.3 is 11.4 Å². The Labute approximate surface area is 90.6 Å². The predicted molar refractivity (Wildman–Crippen MR) is 56.3 cm³/mol. The van der Waals surface area contributed by atoms with Crippen LogP contribution >= 0.6 is 0 Å². The molecule has 1 N–H and O–H groups in total.